The van der Waals surface area contributed by atoms with Crippen molar-refractivity contribution in [2.75, 3.05) is 50.1 Å². The van der Waals surface area contributed by atoms with Crippen LogP contribution in [0.4, 0.5) is 16.2 Å². The number of nitrogens with one attached hydrogen (secondary N) is 2. The fourth-order valence-corrected chi connectivity index (χ4v) is 4.01. The van der Waals surface area contributed by atoms with Crippen molar-refractivity contribution in [3.05, 3.63) is 42.1 Å². The van der Waals surface area contributed by atoms with Gasteiger partial charge in [-0.05, 0) is 63.9 Å². The lowest BCUT2D eigenvalue weighted by Crippen LogP contribution is -2.41. The molecule has 0 atom stereocenters. The second-order valence-corrected chi connectivity index (χ2v) is 8.18. The maximum absolute atomic E-state index is 12.7. The highest BCUT2D eigenvalue weighted by Crippen LogP contribution is 2.18. The molecule has 0 spiro atoms. The van der Waals surface area contributed by atoms with Gasteiger partial charge in [0.1, 0.15) is 11.6 Å². The molecule has 7 nitrogen and oxygen atoms in total. The van der Waals surface area contributed by atoms with E-state index in [1.54, 1.807) is 6.07 Å². The van der Waals surface area contributed by atoms with Crippen LogP contribution in [0.3, 0.4) is 0 Å². The molecule has 170 valence electrons. The summed E-state index contributed by atoms with van der Waals surface area (Å²) < 4.78 is 12.7. The third kappa shape index (κ3) is 6.83. The van der Waals surface area contributed by atoms with E-state index in [0.29, 0.717) is 12.1 Å². The van der Waals surface area contributed by atoms with E-state index < -0.39 is 0 Å². The van der Waals surface area contributed by atoms with Gasteiger partial charge in [-0.15, -0.1) is 0 Å². The van der Waals surface area contributed by atoms with Crippen molar-refractivity contribution < 1.29 is 4.39 Å². The smallest absolute Gasteiger partial charge is 0.225 e. The maximum atomic E-state index is 12.7. The Morgan fingerprint density at radius 1 is 0.839 bits per heavy atom. The van der Waals surface area contributed by atoms with E-state index in [1.165, 1.54) is 30.7 Å². The first kappa shape index (κ1) is 23.3. The third-order valence-corrected chi connectivity index (χ3v) is 6.22. The fourth-order valence-electron chi connectivity index (χ4n) is 4.01. The van der Waals surface area contributed by atoms with Crippen LogP contribution in [0.5, 0.6) is 0 Å². The molecule has 31 heavy (non-hydrogen) atoms. The van der Waals surface area contributed by atoms with Crippen molar-refractivity contribution in [1.29, 1.82) is 0 Å². The summed E-state index contributed by atoms with van der Waals surface area (Å²) in [6, 6.07) is 4.48. The SMILES string of the molecule is CCc1cnc(N2CCC(NC)CC2)nc1.CNC1CCN(c2ccc(F)cn2)CC1. The first-order chi connectivity index (χ1) is 15.1. The second kappa shape index (κ2) is 11.9. The monoisotopic (exact) mass is 429 g/mol. The number of anilines is 2. The molecule has 2 aromatic heterocycles. The van der Waals surface area contributed by atoms with E-state index in [4.69, 9.17) is 0 Å². The number of aromatic nitrogens is 3. The number of hydrogen-bond acceptors (Lipinski definition) is 7. The molecule has 2 saturated heterocycles. The van der Waals surface area contributed by atoms with Gasteiger partial charge >= 0.3 is 0 Å². The van der Waals surface area contributed by atoms with Crippen molar-refractivity contribution in [2.24, 2.45) is 0 Å². The molecule has 0 bridgehead atoms. The van der Waals surface area contributed by atoms with E-state index in [9.17, 15) is 4.39 Å². The zero-order valence-electron chi connectivity index (χ0n) is 19.0. The lowest BCUT2D eigenvalue weighted by Gasteiger charge is -2.32. The highest BCUT2D eigenvalue weighted by molar-refractivity contribution is 5.38. The molecule has 2 N–H and O–H groups in total. The van der Waals surface area contributed by atoms with Gasteiger partial charge in [-0.3, -0.25) is 0 Å². The molecule has 2 aromatic rings. The minimum atomic E-state index is -0.274. The Morgan fingerprint density at radius 3 is 1.84 bits per heavy atom. The average molecular weight is 430 g/mol. The highest BCUT2D eigenvalue weighted by atomic mass is 19.1. The van der Waals surface area contributed by atoms with Crippen molar-refractivity contribution in [1.82, 2.24) is 25.6 Å². The number of aryl methyl sites for hydroxylation is 1. The van der Waals surface area contributed by atoms with Gasteiger partial charge in [0, 0.05) is 50.7 Å². The molecule has 0 radical (unpaired) electrons. The quantitative estimate of drug-likeness (QED) is 0.757. The molecule has 0 saturated carbocycles. The average Bonchev–Trinajstić information content (AvgIpc) is 2.85. The van der Waals surface area contributed by atoms with Crippen molar-refractivity contribution in [2.45, 2.75) is 51.1 Å². The van der Waals surface area contributed by atoms with Crippen molar-refractivity contribution in [3.8, 4) is 0 Å². The summed E-state index contributed by atoms with van der Waals surface area (Å²) in [5, 5.41) is 6.60. The van der Waals surface area contributed by atoms with Crippen LogP contribution in [0, 0.1) is 5.82 Å². The van der Waals surface area contributed by atoms with Gasteiger partial charge in [0.05, 0.1) is 6.20 Å². The van der Waals surface area contributed by atoms with Gasteiger partial charge in [-0.2, -0.15) is 0 Å². The molecule has 8 heteroatoms. The van der Waals surface area contributed by atoms with E-state index in [-0.39, 0.29) is 5.82 Å². The lowest BCUT2D eigenvalue weighted by atomic mass is 10.1. The van der Waals surface area contributed by atoms with E-state index in [1.807, 2.05) is 26.5 Å². The number of halogens is 1. The molecule has 4 heterocycles. The van der Waals surface area contributed by atoms with Crippen LogP contribution >= 0.6 is 0 Å². The highest BCUT2D eigenvalue weighted by Gasteiger charge is 2.19. The van der Waals surface area contributed by atoms with Gasteiger partial charge in [-0.1, -0.05) is 6.92 Å². The first-order valence-electron chi connectivity index (χ1n) is 11.4. The molecule has 4 rings (SSSR count). The third-order valence-electron chi connectivity index (χ3n) is 6.22. The molecular formula is C23H36FN7. The van der Waals surface area contributed by atoms with Crippen molar-refractivity contribution in [3.63, 3.8) is 0 Å². The summed E-state index contributed by atoms with van der Waals surface area (Å²) >= 11 is 0. The van der Waals surface area contributed by atoms with Gasteiger partial charge in [0.25, 0.3) is 0 Å². The van der Waals surface area contributed by atoms with Gasteiger partial charge in [0.2, 0.25) is 5.95 Å². The van der Waals surface area contributed by atoms with Gasteiger partial charge < -0.3 is 20.4 Å². The normalized spacial score (nSPS) is 17.9. The Kier molecular flexibility index (Phi) is 8.97. The van der Waals surface area contributed by atoms with E-state index in [0.717, 1.165) is 57.2 Å². The van der Waals surface area contributed by atoms with Crippen LogP contribution in [-0.4, -0.2) is 67.3 Å². The summed E-state index contributed by atoms with van der Waals surface area (Å²) in [7, 11) is 4.03. The Balaban J connectivity index is 0.000000176. The molecule has 2 aliphatic rings. The minimum absolute atomic E-state index is 0.274. The van der Waals surface area contributed by atoms with Crippen LogP contribution in [-0.2, 0) is 6.42 Å². The summed E-state index contributed by atoms with van der Waals surface area (Å²) in [6.07, 6.45) is 10.7. The molecule has 2 aliphatic heterocycles. The zero-order chi connectivity index (χ0) is 22.1. The van der Waals surface area contributed by atoms with Gasteiger partial charge in [0.15, 0.2) is 0 Å². The summed E-state index contributed by atoms with van der Waals surface area (Å²) in [5.41, 5.74) is 1.20. The van der Waals surface area contributed by atoms with Gasteiger partial charge in [-0.25, -0.2) is 19.3 Å². The van der Waals surface area contributed by atoms with E-state index >= 15 is 0 Å². The minimum Gasteiger partial charge on any atom is -0.357 e. The Bertz CT molecular complexity index is 752. The van der Waals surface area contributed by atoms with Crippen LogP contribution < -0.4 is 20.4 Å². The van der Waals surface area contributed by atoms with E-state index in [2.05, 4.69) is 42.3 Å². The number of rotatable bonds is 5. The van der Waals surface area contributed by atoms with Crippen molar-refractivity contribution >= 4 is 11.8 Å². The predicted molar refractivity (Wildman–Crippen MR) is 124 cm³/mol. The molecule has 0 amide bonds. The summed E-state index contributed by atoms with van der Waals surface area (Å²) in [4.78, 5) is 17.4. The molecular weight excluding hydrogens is 393 g/mol. The molecule has 2 fully saturated rings. The number of piperidine rings is 2. The predicted octanol–water partition coefficient (Wildman–Crippen LogP) is 2.64. The van der Waals surface area contributed by atoms with Crippen LogP contribution in [0.1, 0.15) is 38.2 Å². The first-order valence-corrected chi connectivity index (χ1v) is 11.4. The standard InChI is InChI=1S/C12H20N4.C11H16FN3/c1-3-10-8-14-12(15-9-10)16-6-4-11(13-2)5-7-16;1-13-10-4-6-15(7-5-10)11-3-2-9(12)8-14-11/h8-9,11,13H,3-7H2,1-2H3;2-3,8,10,13H,4-7H2,1H3. The van der Waals surface area contributed by atoms with Crippen LogP contribution in [0.2, 0.25) is 0 Å². The molecule has 0 aliphatic carbocycles. The number of nitrogens with zero attached hydrogens (tertiary/aromatic N) is 5. The maximum Gasteiger partial charge on any atom is 0.225 e. The van der Waals surface area contributed by atoms with Crippen LogP contribution in [0.15, 0.2) is 30.7 Å². The fraction of sp³-hybridized carbons (Fsp3) is 0.609. The summed E-state index contributed by atoms with van der Waals surface area (Å²) in [6.45, 7) is 6.21. The Labute approximate surface area is 185 Å². The zero-order valence-corrected chi connectivity index (χ0v) is 19.0. The topological polar surface area (TPSA) is 69.2 Å². The largest absolute Gasteiger partial charge is 0.357 e. The number of pyridine rings is 1. The van der Waals surface area contributed by atoms with Crippen LogP contribution in [0.25, 0.3) is 0 Å². The second-order valence-electron chi connectivity index (χ2n) is 8.18. The lowest BCUT2D eigenvalue weighted by molar-refractivity contribution is 0.439. The Hall–Kier alpha value is -2.32. The molecule has 0 aromatic carbocycles. The summed E-state index contributed by atoms with van der Waals surface area (Å²) in [5.74, 6) is 1.49. The Morgan fingerprint density at radius 2 is 1.39 bits per heavy atom. The molecule has 0 unspecified atom stereocenters. The number of hydrogen-bond donors (Lipinski definition) is 2.